The lowest BCUT2D eigenvalue weighted by molar-refractivity contribution is 0.332. The molecule has 4 heteroatoms. The van der Waals surface area contributed by atoms with Crippen LogP contribution in [-0.4, -0.2) is 13.2 Å². The minimum Gasteiger partial charge on any atom is -0.494 e. The zero-order chi connectivity index (χ0) is 15.1. The number of hydrogen-bond acceptors (Lipinski definition) is 3. The quantitative estimate of drug-likeness (QED) is 0.687. The summed E-state index contributed by atoms with van der Waals surface area (Å²) in [6.07, 6.45) is 0. The monoisotopic (exact) mass is 397 g/mol. The molecule has 0 spiro atoms. The van der Waals surface area contributed by atoms with Crippen molar-refractivity contribution in [3.8, 4) is 11.5 Å². The van der Waals surface area contributed by atoms with Crippen molar-refractivity contribution >= 4 is 28.3 Å². The minimum atomic E-state index is 0.645. The molecule has 0 radical (unpaired) electrons. The van der Waals surface area contributed by atoms with E-state index in [1.54, 1.807) is 0 Å². The van der Waals surface area contributed by atoms with Crippen molar-refractivity contribution in [1.82, 2.24) is 0 Å². The Morgan fingerprint density at radius 3 is 2.33 bits per heavy atom. The molecule has 0 atom stereocenters. The first-order valence-electron chi connectivity index (χ1n) is 7.11. The Hall–Kier alpha value is -1.43. The Morgan fingerprint density at radius 1 is 0.952 bits per heavy atom. The molecule has 0 fully saturated rings. The lowest BCUT2D eigenvalue weighted by atomic mass is 10.2. The maximum absolute atomic E-state index is 5.66. The van der Waals surface area contributed by atoms with Gasteiger partial charge in [-0.15, -0.1) is 0 Å². The largest absolute Gasteiger partial charge is 0.494 e. The highest BCUT2D eigenvalue weighted by molar-refractivity contribution is 14.1. The first kappa shape index (κ1) is 15.9. The van der Waals surface area contributed by atoms with Crippen LogP contribution in [0.3, 0.4) is 0 Å². The number of benzene rings is 2. The van der Waals surface area contributed by atoms with Crippen LogP contribution in [0.25, 0.3) is 0 Å². The number of rotatable bonds is 7. The van der Waals surface area contributed by atoms with Crippen LogP contribution in [0.2, 0.25) is 0 Å². The first-order chi connectivity index (χ1) is 10.2. The van der Waals surface area contributed by atoms with Crippen LogP contribution in [0.1, 0.15) is 19.4 Å². The highest BCUT2D eigenvalue weighted by atomic mass is 127. The molecule has 2 rings (SSSR count). The standard InChI is InChI=1S/C17H20INO2/c1-3-20-15-9-10-17(21-4-2)16(11-15)19-12-13-5-7-14(18)8-6-13/h5-11,19H,3-4,12H2,1-2H3. The SMILES string of the molecule is CCOc1ccc(OCC)c(NCc2ccc(I)cc2)c1. The van der Waals surface area contributed by atoms with Crippen molar-refractivity contribution in [2.75, 3.05) is 18.5 Å². The van der Waals surface area contributed by atoms with Gasteiger partial charge in [-0.1, -0.05) is 12.1 Å². The van der Waals surface area contributed by atoms with Gasteiger partial charge in [0.15, 0.2) is 0 Å². The van der Waals surface area contributed by atoms with Crippen molar-refractivity contribution in [3.63, 3.8) is 0 Å². The molecule has 2 aromatic carbocycles. The molecule has 0 bridgehead atoms. The van der Waals surface area contributed by atoms with Gasteiger partial charge in [-0.05, 0) is 66.3 Å². The molecular weight excluding hydrogens is 377 g/mol. The van der Waals surface area contributed by atoms with Gasteiger partial charge < -0.3 is 14.8 Å². The Kier molecular flexibility index (Phi) is 6.17. The van der Waals surface area contributed by atoms with E-state index in [2.05, 4.69) is 52.2 Å². The molecule has 3 nitrogen and oxygen atoms in total. The maximum Gasteiger partial charge on any atom is 0.142 e. The fourth-order valence-electron chi connectivity index (χ4n) is 1.98. The van der Waals surface area contributed by atoms with Gasteiger partial charge in [0.25, 0.3) is 0 Å². The highest BCUT2D eigenvalue weighted by Crippen LogP contribution is 2.29. The fourth-order valence-corrected chi connectivity index (χ4v) is 2.34. The van der Waals surface area contributed by atoms with Crippen LogP contribution >= 0.6 is 22.6 Å². The summed E-state index contributed by atoms with van der Waals surface area (Å²) in [5.74, 6) is 1.71. The van der Waals surface area contributed by atoms with Crippen LogP contribution in [0.4, 0.5) is 5.69 Å². The summed E-state index contributed by atoms with van der Waals surface area (Å²) in [6.45, 7) is 6.03. The smallest absolute Gasteiger partial charge is 0.142 e. The molecule has 2 aromatic rings. The van der Waals surface area contributed by atoms with Crippen molar-refractivity contribution in [2.24, 2.45) is 0 Å². The third-order valence-corrected chi connectivity index (χ3v) is 3.68. The molecule has 0 aliphatic carbocycles. The van der Waals surface area contributed by atoms with Gasteiger partial charge in [-0.2, -0.15) is 0 Å². The zero-order valence-electron chi connectivity index (χ0n) is 12.4. The molecule has 21 heavy (non-hydrogen) atoms. The van der Waals surface area contributed by atoms with Gasteiger partial charge in [0.1, 0.15) is 11.5 Å². The van der Waals surface area contributed by atoms with E-state index in [9.17, 15) is 0 Å². The Bertz CT molecular complexity index is 570. The van der Waals surface area contributed by atoms with Crippen LogP contribution in [0, 0.1) is 3.57 Å². The molecule has 0 aromatic heterocycles. The molecule has 0 heterocycles. The Balaban J connectivity index is 2.11. The summed E-state index contributed by atoms with van der Waals surface area (Å²) in [4.78, 5) is 0. The van der Waals surface area contributed by atoms with Gasteiger partial charge in [-0.25, -0.2) is 0 Å². The second kappa shape index (κ2) is 8.12. The molecule has 0 aliphatic rings. The van der Waals surface area contributed by atoms with E-state index in [0.29, 0.717) is 13.2 Å². The third-order valence-electron chi connectivity index (χ3n) is 2.96. The molecule has 0 saturated heterocycles. The molecule has 112 valence electrons. The average Bonchev–Trinajstić information content (AvgIpc) is 2.49. The van der Waals surface area contributed by atoms with Crippen LogP contribution in [-0.2, 0) is 6.54 Å². The van der Waals surface area contributed by atoms with E-state index >= 15 is 0 Å². The van der Waals surface area contributed by atoms with Crippen molar-refractivity contribution in [1.29, 1.82) is 0 Å². The molecule has 0 saturated carbocycles. The van der Waals surface area contributed by atoms with E-state index in [-0.39, 0.29) is 0 Å². The number of anilines is 1. The normalized spacial score (nSPS) is 10.2. The summed E-state index contributed by atoms with van der Waals surface area (Å²) in [7, 11) is 0. The Morgan fingerprint density at radius 2 is 1.67 bits per heavy atom. The molecule has 0 aliphatic heterocycles. The third kappa shape index (κ3) is 4.81. The van der Waals surface area contributed by atoms with Gasteiger partial charge in [0, 0.05) is 16.2 Å². The summed E-state index contributed by atoms with van der Waals surface area (Å²) in [6, 6.07) is 14.3. The van der Waals surface area contributed by atoms with Gasteiger partial charge >= 0.3 is 0 Å². The Labute approximate surface area is 139 Å². The van der Waals surface area contributed by atoms with E-state index in [1.807, 2.05) is 32.0 Å². The van der Waals surface area contributed by atoms with Gasteiger partial charge in [0.05, 0.1) is 18.9 Å². The summed E-state index contributed by atoms with van der Waals surface area (Å²) >= 11 is 2.31. The van der Waals surface area contributed by atoms with E-state index in [4.69, 9.17) is 9.47 Å². The molecule has 0 unspecified atom stereocenters. The zero-order valence-corrected chi connectivity index (χ0v) is 14.5. The van der Waals surface area contributed by atoms with E-state index in [1.165, 1.54) is 9.13 Å². The second-order valence-electron chi connectivity index (χ2n) is 4.50. The fraction of sp³-hybridized carbons (Fsp3) is 0.294. The minimum absolute atomic E-state index is 0.645. The topological polar surface area (TPSA) is 30.5 Å². The van der Waals surface area contributed by atoms with Gasteiger partial charge in [-0.3, -0.25) is 0 Å². The number of nitrogens with one attached hydrogen (secondary N) is 1. The molecule has 0 amide bonds. The molecular formula is C17H20INO2. The molecule has 1 N–H and O–H groups in total. The van der Waals surface area contributed by atoms with Crippen molar-refractivity contribution in [3.05, 3.63) is 51.6 Å². The van der Waals surface area contributed by atoms with Crippen LogP contribution < -0.4 is 14.8 Å². The number of halogens is 1. The van der Waals surface area contributed by atoms with Crippen LogP contribution in [0.5, 0.6) is 11.5 Å². The first-order valence-corrected chi connectivity index (χ1v) is 8.18. The van der Waals surface area contributed by atoms with Gasteiger partial charge in [0.2, 0.25) is 0 Å². The van der Waals surface area contributed by atoms with Crippen LogP contribution in [0.15, 0.2) is 42.5 Å². The summed E-state index contributed by atoms with van der Waals surface area (Å²) in [5, 5.41) is 3.43. The van der Waals surface area contributed by atoms with Crippen molar-refractivity contribution < 1.29 is 9.47 Å². The number of ether oxygens (including phenoxy) is 2. The van der Waals surface area contributed by atoms with Crippen molar-refractivity contribution in [2.45, 2.75) is 20.4 Å². The predicted octanol–water partition coefficient (Wildman–Crippen LogP) is 4.70. The average molecular weight is 397 g/mol. The summed E-state index contributed by atoms with van der Waals surface area (Å²) in [5.41, 5.74) is 2.20. The summed E-state index contributed by atoms with van der Waals surface area (Å²) < 4.78 is 12.4. The predicted molar refractivity (Wildman–Crippen MR) is 95.3 cm³/mol. The van der Waals surface area contributed by atoms with E-state index < -0.39 is 0 Å². The maximum atomic E-state index is 5.66. The lowest BCUT2D eigenvalue weighted by Crippen LogP contribution is -2.03. The number of hydrogen-bond donors (Lipinski definition) is 1. The lowest BCUT2D eigenvalue weighted by Gasteiger charge is -2.14. The van der Waals surface area contributed by atoms with E-state index in [0.717, 1.165) is 23.7 Å². The highest BCUT2D eigenvalue weighted by Gasteiger charge is 2.06. The second-order valence-corrected chi connectivity index (χ2v) is 5.75.